The molecule has 34 N–H and O–H groups in total. The minimum absolute atomic E-state index is 0.0101. The number of guanidine groups is 4. The molecule has 1 heterocycles. The average Bonchev–Trinajstić information content (AvgIpc) is 1.81. The van der Waals surface area contributed by atoms with Gasteiger partial charge in [-0.25, -0.2) is 0 Å². The minimum atomic E-state index is -1.67. The van der Waals surface area contributed by atoms with E-state index in [1.807, 2.05) is 0 Å². The van der Waals surface area contributed by atoms with E-state index < -0.39 is 157 Å². The Hall–Kier alpha value is -9.44. The Balaban J connectivity index is 3.68. The summed E-state index contributed by atoms with van der Waals surface area (Å²) < 4.78 is 0. The van der Waals surface area contributed by atoms with Crippen LogP contribution in [0.25, 0.3) is 0 Å². The molecule has 0 aromatic carbocycles. The number of amides is 10. The predicted octanol–water partition coefficient (Wildman–Crippen LogP) is -9.88. The first kappa shape index (κ1) is 83.6. The van der Waals surface area contributed by atoms with Gasteiger partial charge < -0.3 is 131 Å². The van der Waals surface area contributed by atoms with Gasteiger partial charge in [-0.1, -0.05) is 0 Å². The van der Waals surface area contributed by atoms with Gasteiger partial charge in [0.05, 0.1) is 6.10 Å². The van der Waals surface area contributed by atoms with E-state index in [1.54, 1.807) is 0 Å². The van der Waals surface area contributed by atoms with E-state index in [4.69, 9.17) is 63.1 Å². The maximum Gasteiger partial charge on any atom is 0.322 e. The van der Waals surface area contributed by atoms with E-state index in [0.717, 1.165) is 0 Å². The van der Waals surface area contributed by atoms with Crippen LogP contribution in [0.3, 0.4) is 0 Å². The molecule has 0 bridgehead atoms. The molecule has 10 amide bonds. The normalized spacial score (nSPS) is 15.6. The number of nitrogens with zero attached hydrogens (tertiary/aromatic N) is 5. The number of unbranched alkanes of at least 4 members (excludes halogenated alkanes) is 2. The fraction of sp³-hybridized carbons (Fsp3) is 0.709. The number of aliphatic imine (C=N–C) groups is 4. The van der Waals surface area contributed by atoms with E-state index in [1.165, 1.54) is 18.7 Å². The second-order valence-corrected chi connectivity index (χ2v) is 22.5. The fourth-order valence-corrected chi connectivity index (χ4v) is 9.44. The van der Waals surface area contributed by atoms with E-state index in [9.17, 15) is 72.9 Å². The second kappa shape index (κ2) is 45.8. The average molecular weight is 1350 g/mol. The number of carboxylic acid groups (broad SMARTS) is 2. The number of carboxylic acids is 2. The van der Waals surface area contributed by atoms with Crippen LogP contribution in [0.4, 0.5) is 0 Å². The van der Waals surface area contributed by atoms with Gasteiger partial charge in [0.15, 0.2) is 23.8 Å². The van der Waals surface area contributed by atoms with Crippen LogP contribution in [0, 0.1) is 0 Å². The van der Waals surface area contributed by atoms with Crippen LogP contribution in [0.2, 0.25) is 0 Å². The number of aliphatic carboxylic acids is 2. The van der Waals surface area contributed by atoms with Crippen molar-refractivity contribution in [1.29, 1.82) is 0 Å². The van der Waals surface area contributed by atoms with E-state index in [2.05, 4.69) is 67.8 Å². The van der Waals surface area contributed by atoms with Crippen LogP contribution in [-0.4, -0.2) is 234 Å². The van der Waals surface area contributed by atoms with Gasteiger partial charge in [-0.05, 0) is 136 Å². The van der Waals surface area contributed by atoms with Gasteiger partial charge in [0.1, 0.15) is 67.0 Å². The third-order valence-corrected chi connectivity index (χ3v) is 14.6. The smallest absolute Gasteiger partial charge is 0.322 e. The molecule has 95 heavy (non-hydrogen) atoms. The van der Waals surface area contributed by atoms with Crippen LogP contribution < -0.4 is 111 Å². The third-order valence-electron chi connectivity index (χ3n) is 14.6. The summed E-state index contributed by atoms with van der Waals surface area (Å²) in [4.78, 5) is 180. The first-order valence-corrected chi connectivity index (χ1v) is 31.3. The molecule has 40 heteroatoms. The molecule has 0 saturated carbocycles. The molecule has 1 rings (SSSR count). The van der Waals surface area contributed by atoms with Gasteiger partial charge in [-0.2, -0.15) is 0 Å². The zero-order chi connectivity index (χ0) is 71.7. The number of nitrogens with one attached hydrogen (secondary N) is 9. The monoisotopic (exact) mass is 1350 g/mol. The van der Waals surface area contributed by atoms with Crippen molar-refractivity contribution in [3.8, 4) is 0 Å². The van der Waals surface area contributed by atoms with Gasteiger partial charge in [-0.15, -0.1) is 0 Å². The van der Waals surface area contributed by atoms with Crippen LogP contribution >= 0.6 is 0 Å². The lowest BCUT2D eigenvalue weighted by molar-refractivity contribution is -0.142. The SMILES string of the molecule is C[C@H](NC(=O)[C@H](CCC(=O)O)NC(=O)[C@H](CCCN=C(N)N)NC(=O)[C@@H]1CCCN1C(=O)[C@@H](N)[C@@H](C)O)C(=O)N[C@@H](CCCN=C(N)N)C(=O)N[C@@H](CCCN=C(N)N)C(=O)N[C@@H](CCCCN)C(=O)N[C@@H](CCCCN)C(=O)N[C@@H](CCCN=C(N)N)C(=O)NCC(=O)O. The summed E-state index contributed by atoms with van der Waals surface area (Å²) in [6.45, 7) is 2.19. The molecule has 11 atom stereocenters. The van der Waals surface area contributed by atoms with Gasteiger partial charge in [-0.3, -0.25) is 77.5 Å². The molecule has 1 fully saturated rings. The van der Waals surface area contributed by atoms with Crippen molar-refractivity contribution in [2.45, 2.75) is 196 Å². The van der Waals surface area contributed by atoms with E-state index in [0.29, 0.717) is 25.7 Å². The number of hydrogen-bond acceptors (Lipinski definition) is 20. The molecule has 0 radical (unpaired) electrons. The van der Waals surface area contributed by atoms with Crippen molar-refractivity contribution in [3.05, 3.63) is 0 Å². The highest BCUT2D eigenvalue weighted by Crippen LogP contribution is 2.20. The zero-order valence-electron chi connectivity index (χ0n) is 54.1. The predicted molar refractivity (Wildman–Crippen MR) is 348 cm³/mol. The highest BCUT2D eigenvalue weighted by molar-refractivity contribution is 5.99. The summed E-state index contributed by atoms with van der Waals surface area (Å²) in [7, 11) is 0. The Morgan fingerprint density at radius 1 is 0.442 bits per heavy atom. The summed E-state index contributed by atoms with van der Waals surface area (Å²) in [5.74, 6) is -12.8. The Morgan fingerprint density at radius 2 is 0.768 bits per heavy atom. The summed E-state index contributed by atoms with van der Waals surface area (Å²) in [6.07, 6.45) is -0.911. The molecule has 538 valence electrons. The van der Waals surface area contributed by atoms with Gasteiger partial charge >= 0.3 is 11.9 Å². The molecule has 1 saturated heterocycles. The van der Waals surface area contributed by atoms with E-state index >= 15 is 0 Å². The summed E-state index contributed by atoms with van der Waals surface area (Å²) in [6, 6.07) is -14.2. The topological polar surface area (TPSA) is 713 Å². The van der Waals surface area contributed by atoms with Crippen LogP contribution in [0.15, 0.2) is 20.0 Å². The first-order valence-electron chi connectivity index (χ1n) is 31.3. The van der Waals surface area contributed by atoms with Crippen LogP contribution in [-0.2, 0) is 57.5 Å². The molecule has 0 unspecified atom stereocenters. The first-order chi connectivity index (χ1) is 44.8. The maximum atomic E-state index is 14.5. The zero-order valence-corrected chi connectivity index (χ0v) is 54.1. The highest BCUT2D eigenvalue weighted by Gasteiger charge is 2.40. The Bertz CT molecular complexity index is 2650. The lowest BCUT2D eigenvalue weighted by Crippen LogP contribution is -2.60. The third kappa shape index (κ3) is 34.9. The quantitative estimate of drug-likeness (QED) is 0.0153. The fourth-order valence-electron chi connectivity index (χ4n) is 9.44. The van der Waals surface area contributed by atoms with E-state index in [-0.39, 0.29) is 147 Å². The van der Waals surface area contributed by atoms with Crippen molar-refractivity contribution in [1.82, 2.24) is 52.8 Å². The van der Waals surface area contributed by atoms with Crippen molar-refractivity contribution in [3.63, 3.8) is 0 Å². The largest absolute Gasteiger partial charge is 0.481 e. The molecule has 0 aliphatic carbocycles. The number of carbonyl (C=O) groups excluding carboxylic acids is 10. The standard InChI is InChI=1S/C55H103N25O15/c1-29(72-44(88)37(19-20-39(82)83)78-49(93)36(17-10-26-70-55(65)66)79-50(94)38-18-11-27-80(38)51(95)41(58)30(2)81)42(86)73-34(15-8-24-68-53(61)62)47(91)77-35(16-9-25-69-54(63)64)48(92)76-33(13-4-6-22-57)46(90)75-32(12-3-5-21-56)45(89)74-31(14-7-23-67-52(59)60)43(87)71-28-40(84)85/h29-38,41,81H,3-28,56-58H2,1-2H3,(H,71,87)(H,72,88)(H,73,86)(H,74,89)(H,75,90)(H,76,92)(H,77,91)(H,78,93)(H,79,94)(H,82,83)(H,84,85)(H4,59,60,67)(H4,61,62,68)(H4,63,64,69)(H4,65,66,70)/t29-,30+,31-,32-,33-,34-,35-,36-,37-,38-,41-/m0/s1. The highest BCUT2D eigenvalue weighted by atomic mass is 16.4. The lowest BCUT2D eigenvalue weighted by atomic mass is 10.0. The van der Waals surface area contributed by atoms with Gasteiger partial charge in [0, 0.05) is 39.1 Å². The second-order valence-electron chi connectivity index (χ2n) is 22.5. The Morgan fingerprint density at radius 3 is 1.11 bits per heavy atom. The minimum Gasteiger partial charge on any atom is -0.481 e. The van der Waals surface area contributed by atoms with Crippen molar-refractivity contribution in [2.75, 3.05) is 52.4 Å². The number of likely N-dealkylation sites (tertiary alicyclic amines) is 1. The number of aliphatic hydroxyl groups is 1. The van der Waals surface area contributed by atoms with Gasteiger partial charge in [0.25, 0.3) is 0 Å². The molecular formula is C55H103N25O15. The number of nitrogens with two attached hydrogens (primary N) is 11. The van der Waals surface area contributed by atoms with Crippen molar-refractivity contribution >= 4 is 94.8 Å². The molecule has 0 spiro atoms. The maximum absolute atomic E-state index is 14.5. The van der Waals surface area contributed by atoms with Crippen molar-refractivity contribution < 1.29 is 72.9 Å². The van der Waals surface area contributed by atoms with Crippen molar-refractivity contribution in [2.24, 2.45) is 83.0 Å². The summed E-state index contributed by atoms with van der Waals surface area (Å²) >= 11 is 0. The molecular weight excluding hydrogens is 1250 g/mol. The summed E-state index contributed by atoms with van der Waals surface area (Å²) in [5, 5.41) is 51.5. The van der Waals surface area contributed by atoms with Crippen LogP contribution in [0.1, 0.15) is 129 Å². The van der Waals surface area contributed by atoms with Gasteiger partial charge in [0.2, 0.25) is 59.1 Å². The molecule has 1 aliphatic heterocycles. The Labute approximate surface area is 550 Å². The number of rotatable bonds is 48. The molecule has 0 aromatic rings. The number of carbonyl (C=O) groups is 12. The number of hydrogen-bond donors (Lipinski definition) is 23. The lowest BCUT2D eigenvalue weighted by Gasteiger charge is -2.29. The molecule has 40 nitrogen and oxygen atoms in total. The molecule has 1 aliphatic rings. The Kier molecular flexibility index (Phi) is 40.3. The molecule has 0 aromatic heterocycles. The number of aliphatic hydroxyl groups excluding tert-OH is 1. The summed E-state index contributed by atoms with van der Waals surface area (Å²) in [5.41, 5.74) is 61.4. The van der Waals surface area contributed by atoms with Crippen LogP contribution in [0.5, 0.6) is 0 Å².